The largest absolute Gasteiger partial charge is 0.373 e. The summed E-state index contributed by atoms with van der Waals surface area (Å²) < 4.78 is 7.61. The zero-order valence-corrected chi connectivity index (χ0v) is 12.8. The van der Waals surface area contributed by atoms with Gasteiger partial charge in [-0.1, -0.05) is 6.07 Å². The minimum Gasteiger partial charge on any atom is -0.373 e. The second kappa shape index (κ2) is 6.41. The van der Waals surface area contributed by atoms with Crippen molar-refractivity contribution in [1.29, 1.82) is 0 Å². The van der Waals surface area contributed by atoms with Crippen molar-refractivity contribution in [3.63, 3.8) is 0 Å². The molecule has 112 valence electrons. The summed E-state index contributed by atoms with van der Waals surface area (Å²) in [6, 6.07) is 4.02. The molecule has 1 N–H and O–H groups in total. The lowest BCUT2D eigenvalue weighted by molar-refractivity contribution is -0.126. The molecule has 6 heteroatoms. The summed E-state index contributed by atoms with van der Waals surface area (Å²) in [4.78, 5) is 13.6. The summed E-state index contributed by atoms with van der Waals surface area (Å²) in [6.45, 7) is 4.08. The maximum Gasteiger partial charge on any atom is 0.226 e. The normalized spacial score (nSPS) is 21.6. The number of nitrogens with one attached hydrogen (secondary N) is 1. The molecule has 2 atom stereocenters. The molecule has 21 heavy (non-hydrogen) atoms. The summed E-state index contributed by atoms with van der Waals surface area (Å²) in [5.74, 6) is -0.0605. The molecule has 0 aromatic carbocycles. The smallest absolute Gasteiger partial charge is 0.226 e. The van der Waals surface area contributed by atoms with Crippen molar-refractivity contribution >= 4 is 17.2 Å². The molecule has 0 saturated carbocycles. The third kappa shape index (κ3) is 3.16. The van der Waals surface area contributed by atoms with Gasteiger partial charge in [-0.05, 0) is 24.8 Å². The zero-order valence-electron chi connectivity index (χ0n) is 12.0. The third-order valence-corrected chi connectivity index (χ3v) is 4.63. The van der Waals surface area contributed by atoms with E-state index in [4.69, 9.17) is 4.74 Å². The molecule has 3 heterocycles. The molecule has 1 aliphatic rings. The van der Waals surface area contributed by atoms with Crippen molar-refractivity contribution < 1.29 is 9.53 Å². The first kappa shape index (κ1) is 14.3. The van der Waals surface area contributed by atoms with Gasteiger partial charge in [-0.3, -0.25) is 9.48 Å². The van der Waals surface area contributed by atoms with Gasteiger partial charge in [0.2, 0.25) is 5.91 Å². The molecule has 0 radical (unpaired) electrons. The highest BCUT2D eigenvalue weighted by molar-refractivity contribution is 7.09. The van der Waals surface area contributed by atoms with Crippen molar-refractivity contribution in [1.82, 2.24) is 15.1 Å². The molecular weight excluding hydrogens is 286 g/mol. The Morgan fingerprint density at radius 2 is 2.52 bits per heavy atom. The Balaban J connectivity index is 1.64. The summed E-state index contributed by atoms with van der Waals surface area (Å²) in [5.41, 5.74) is 0.991. The fourth-order valence-corrected chi connectivity index (χ4v) is 3.25. The van der Waals surface area contributed by atoms with E-state index >= 15 is 0 Å². The summed E-state index contributed by atoms with van der Waals surface area (Å²) in [7, 11) is 0. The van der Waals surface area contributed by atoms with Crippen LogP contribution in [0.25, 0.3) is 0 Å². The molecule has 3 rings (SSSR count). The number of carbonyl (C=O) groups is 1. The van der Waals surface area contributed by atoms with Crippen LogP contribution in [-0.2, 0) is 22.6 Å². The molecule has 0 bridgehead atoms. The van der Waals surface area contributed by atoms with Gasteiger partial charge in [0.1, 0.15) is 0 Å². The Morgan fingerprint density at radius 1 is 1.62 bits per heavy atom. The Kier molecular flexibility index (Phi) is 4.36. The number of amides is 1. The standard InChI is InChI=1S/C15H19N3O2S/c1-2-18-10-11(8-17-18)14-13(5-6-20-14)15(19)16-9-12-4-3-7-21-12/h3-4,7-8,10,13-14H,2,5-6,9H2,1H3,(H,16,19)/t13-,14+/m0/s1. The maximum absolute atomic E-state index is 12.4. The quantitative estimate of drug-likeness (QED) is 0.922. The van der Waals surface area contributed by atoms with Gasteiger partial charge in [-0.2, -0.15) is 5.10 Å². The van der Waals surface area contributed by atoms with E-state index < -0.39 is 0 Å². The number of aryl methyl sites for hydroxylation is 1. The van der Waals surface area contributed by atoms with Crippen LogP contribution in [0, 0.1) is 5.92 Å². The molecule has 1 aliphatic heterocycles. The molecule has 5 nitrogen and oxygen atoms in total. The summed E-state index contributed by atoms with van der Waals surface area (Å²) in [5, 5.41) is 9.29. The highest BCUT2D eigenvalue weighted by atomic mass is 32.1. The Bertz CT molecular complexity index is 594. The molecule has 0 unspecified atom stereocenters. The van der Waals surface area contributed by atoms with E-state index in [1.54, 1.807) is 17.5 Å². The average Bonchev–Trinajstić information content (AvgIpc) is 3.23. The Labute approximate surface area is 127 Å². The van der Waals surface area contributed by atoms with Gasteiger partial charge in [0, 0.05) is 29.8 Å². The van der Waals surface area contributed by atoms with Gasteiger partial charge in [0.25, 0.3) is 0 Å². The highest BCUT2D eigenvalue weighted by Crippen LogP contribution is 2.34. The van der Waals surface area contributed by atoms with Crippen LogP contribution < -0.4 is 5.32 Å². The minimum absolute atomic E-state index is 0.0650. The lowest BCUT2D eigenvalue weighted by Crippen LogP contribution is -2.31. The van der Waals surface area contributed by atoms with Crippen LogP contribution >= 0.6 is 11.3 Å². The second-order valence-corrected chi connectivity index (χ2v) is 6.15. The Hall–Kier alpha value is -1.66. The van der Waals surface area contributed by atoms with Crippen molar-refractivity contribution in [2.24, 2.45) is 5.92 Å². The van der Waals surface area contributed by atoms with Crippen LogP contribution in [0.4, 0.5) is 0 Å². The van der Waals surface area contributed by atoms with Crippen molar-refractivity contribution in [3.8, 4) is 0 Å². The van der Waals surface area contributed by atoms with Crippen LogP contribution in [0.2, 0.25) is 0 Å². The van der Waals surface area contributed by atoms with Crippen LogP contribution in [0.3, 0.4) is 0 Å². The molecule has 0 spiro atoms. The number of carbonyl (C=O) groups excluding carboxylic acids is 1. The van der Waals surface area contributed by atoms with E-state index in [0.29, 0.717) is 13.2 Å². The van der Waals surface area contributed by atoms with Gasteiger partial charge < -0.3 is 10.1 Å². The van der Waals surface area contributed by atoms with E-state index in [-0.39, 0.29) is 17.9 Å². The van der Waals surface area contributed by atoms with E-state index in [1.807, 2.05) is 35.3 Å². The molecule has 2 aromatic rings. The number of hydrogen-bond donors (Lipinski definition) is 1. The van der Waals surface area contributed by atoms with Gasteiger partial charge in [-0.15, -0.1) is 11.3 Å². The average molecular weight is 305 g/mol. The lowest BCUT2D eigenvalue weighted by Gasteiger charge is -2.16. The van der Waals surface area contributed by atoms with E-state index in [2.05, 4.69) is 10.4 Å². The molecule has 0 aliphatic carbocycles. The van der Waals surface area contributed by atoms with Gasteiger partial charge in [0.05, 0.1) is 24.8 Å². The predicted molar refractivity (Wildman–Crippen MR) is 80.9 cm³/mol. The van der Waals surface area contributed by atoms with E-state index in [0.717, 1.165) is 23.4 Å². The van der Waals surface area contributed by atoms with Crippen LogP contribution in [0.1, 0.15) is 29.9 Å². The Morgan fingerprint density at radius 3 is 3.24 bits per heavy atom. The summed E-state index contributed by atoms with van der Waals surface area (Å²) in [6.07, 6.45) is 4.36. The first-order chi connectivity index (χ1) is 10.3. The van der Waals surface area contributed by atoms with Gasteiger partial charge in [-0.25, -0.2) is 0 Å². The summed E-state index contributed by atoms with van der Waals surface area (Å²) >= 11 is 1.65. The monoisotopic (exact) mass is 305 g/mol. The second-order valence-electron chi connectivity index (χ2n) is 5.11. The van der Waals surface area contributed by atoms with Gasteiger partial charge in [0.15, 0.2) is 0 Å². The van der Waals surface area contributed by atoms with Crippen LogP contribution in [0.15, 0.2) is 29.9 Å². The molecule has 1 fully saturated rings. The van der Waals surface area contributed by atoms with Crippen LogP contribution in [0.5, 0.6) is 0 Å². The number of nitrogens with zero attached hydrogens (tertiary/aromatic N) is 2. The maximum atomic E-state index is 12.4. The fraction of sp³-hybridized carbons (Fsp3) is 0.467. The number of hydrogen-bond acceptors (Lipinski definition) is 4. The molecule has 2 aromatic heterocycles. The van der Waals surface area contributed by atoms with Crippen molar-refractivity contribution in [2.45, 2.75) is 32.5 Å². The first-order valence-corrected chi connectivity index (χ1v) is 8.10. The van der Waals surface area contributed by atoms with E-state index in [1.165, 1.54) is 0 Å². The number of ether oxygens (including phenoxy) is 1. The molecular formula is C15H19N3O2S. The van der Waals surface area contributed by atoms with Crippen molar-refractivity contribution in [3.05, 3.63) is 40.3 Å². The zero-order chi connectivity index (χ0) is 14.7. The number of thiophene rings is 1. The van der Waals surface area contributed by atoms with Gasteiger partial charge >= 0.3 is 0 Å². The fourth-order valence-electron chi connectivity index (χ4n) is 2.60. The van der Waals surface area contributed by atoms with E-state index in [9.17, 15) is 4.79 Å². The van der Waals surface area contributed by atoms with Crippen LogP contribution in [-0.4, -0.2) is 22.3 Å². The molecule has 1 amide bonds. The predicted octanol–water partition coefficient (Wildman–Crippen LogP) is 2.36. The molecule has 1 saturated heterocycles. The topological polar surface area (TPSA) is 56.1 Å². The first-order valence-electron chi connectivity index (χ1n) is 7.22. The SMILES string of the molecule is CCn1cc([C@H]2OCC[C@@H]2C(=O)NCc2cccs2)cn1. The number of rotatable bonds is 5. The lowest BCUT2D eigenvalue weighted by atomic mass is 9.96. The minimum atomic E-state index is -0.173. The van der Waals surface area contributed by atoms with Crippen molar-refractivity contribution in [2.75, 3.05) is 6.61 Å². The third-order valence-electron chi connectivity index (χ3n) is 3.75. The highest BCUT2D eigenvalue weighted by Gasteiger charge is 2.35. The number of aromatic nitrogens is 2.